The number of thiophene rings is 1. The Morgan fingerprint density at radius 3 is 2.29 bits per heavy atom. The summed E-state index contributed by atoms with van der Waals surface area (Å²) in [6.07, 6.45) is 2.38. The molecule has 0 radical (unpaired) electrons. The van der Waals surface area contributed by atoms with E-state index in [1.807, 2.05) is 11.3 Å². The van der Waals surface area contributed by atoms with Crippen LogP contribution in [0.3, 0.4) is 0 Å². The number of benzene rings is 4. The van der Waals surface area contributed by atoms with Crippen molar-refractivity contribution in [2.24, 2.45) is 0 Å². The highest BCUT2D eigenvalue weighted by Crippen LogP contribution is 2.40. The molecule has 0 unspecified atom stereocenters. The molecule has 4 aromatic carbocycles. The zero-order chi connectivity index (χ0) is 16.1. The topological polar surface area (TPSA) is 0 Å². The van der Waals surface area contributed by atoms with Crippen LogP contribution in [0.2, 0.25) is 0 Å². The van der Waals surface area contributed by atoms with Crippen molar-refractivity contribution >= 4 is 43.7 Å². The van der Waals surface area contributed by atoms with Crippen LogP contribution >= 0.6 is 11.3 Å². The molecule has 116 valence electrons. The van der Waals surface area contributed by atoms with E-state index in [-0.39, 0.29) is 0 Å². The maximum Gasteiger partial charge on any atom is 0.00515 e. The van der Waals surface area contributed by atoms with Crippen molar-refractivity contribution in [2.45, 2.75) is 19.8 Å². The van der Waals surface area contributed by atoms with Gasteiger partial charge < -0.3 is 0 Å². The first-order valence-electron chi connectivity index (χ1n) is 8.59. The average molecular weight is 326 g/mol. The van der Waals surface area contributed by atoms with Gasteiger partial charge in [-0.15, -0.1) is 11.3 Å². The van der Waals surface area contributed by atoms with Gasteiger partial charge in [0, 0.05) is 4.88 Å². The van der Waals surface area contributed by atoms with Gasteiger partial charge in [0.2, 0.25) is 0 Å². The van der Waals surface area contributed by atoms with Crippen molar-refractivity contribution in [3.8, 4) is 11.1 Å². The molecule has 5 aromatic rings. The van der Waals surface area contributed by atoms with Crippen LogP contribution in [0.4, 0.5) is 0 Å². The minimum absolute atomic E-state index is 1.18. The molecule has 0 bridgehead atoms. The monoisotopic (exact) mass is 326 g/mol. The largest absolute Gasteiger partial charge is 0.148 e. The molecule has 1 heteroatoms. The van der Waals surface area contributed by atoms with Crippen LogP contribution in [0.5, 0.6) is 0 Å². The molecular formula is C23H18S. The van der Waals surface area contributed by atoms with Gasteiger partial charge in [0.25, 0.3) is 0 Å². The van der Waals surface area contributed by atoms with E-state index >= 15 is 0 Å². The van der Waals surface area contributed by atoms with Gasteiger partial charge in [0.15, 0.2) is 0 Å². The third-order valence-corrected chi connectivity index (χ3v) is 5.99. The summed E-state index contributed by atoms with van der Waals surface area (Å²) in [6.45, 7) is 2.25. The summed E-state index contributed by atoms with van der Waals surface area (Å²) in [5.74, 6) is 0. The van der Waals surface area contributed by atoms with Crippen molar-refractivity contribution in [3.05, 3.63) is 70.9 Å². The third kappa shape index (κ3) is 1.98. The number of hydrogen-bond acceptors (Lipinski definition) is 1. The summed E-state index contributed by atoms with van der Waals surface area (Å²) in [6, 6.07) is 22.6. The lowest BCUT2D eigenvalue weighted by molar-refractivity contribution is 0.940. The van der Waals surface area contributed by atoms with E-state index in [4.69, 9.17) is 0 Å². The van der Waals surface area contributed by atoms with E-state index in [1.54, 1.807) is 0 Å². The second-order valence-electron chi connectivity index (χ2n) is 6.52. The van der Waals surface area contributed by atoms with Gasteiger partial charge in [-0.1, -0.05) is 67.9 Å². The third-order valence-electron chi connectivity index (χ3n) is 4.99. The molecule has 1 aromatic heterocycles. The summed E-state index contributed by atoms with van der Waals surface area (Å²) >= 11 is 1.89. The Balaban J connectivity index is 1.86. The van der Waals surface area contributed by atoms with Gasteiger partial charge in [0.05, 0.1) is 0 Å². The fourth-order valence-corrected chi connectivity index (χ4v) is 4.88. The number of hydrogen-bond donors (Lipinski definition) is 0. The maximum absolute atomic E-state index is 2.38. The molecule has 0 atom stereocenters. The molecule has 0 saturated heterocycles. The standard InChI is InChI=1S/C23H18S/c1-2-4-19-13-18(14-24-19)20-11-9-17-8-7-15-5-3-6-16-10-12-21(20)23(17)22(15)16/h3,5-14H,2,4H2,1H3. The fraction of sp³-hybridized carbons (Fsp3) is 0.130. The lowest BCUT2D eigenvalue weighted by Gasteiger charge is -2.13. The summed E-state index contributed by atoms with van der Waals surface area (Å²) < 4.78 is 0. The zero-order valence-electron chi connectivity index (χ0n) is 13.7. The second-order valence-corrected chi connectivity index (χ2v) is 7.52. The Kier molecular flexibility index (Phi) is 3.11. The Bertz CT molecular complexity index is 1150. The van der Waals surface area contributed by atoms with E-state index in [0.717, 1.165) is 0 Å². The van der Waals surface area contributed by atoms with Crippen molar-refractivity contribution in [2.75, 3.05) is 0 Å². The minimum Gasteiger partial charge on any atom is -0.148 e. The van der Waals surface area contributed by atoms with E-state index in [1.165, 1.54) is 61.2 Å². The normalized spacial score (nSPS) is 11.9. The highest BCUT2D eigenvalue weighted by atomic mass is 32.1. The van der Waals surface area contributed by atoms with Gasteiger partial charge in [-0.25, -0.2) is 0 Å². The quantitative estimate of drug-likeness (QED) is 0.306. The first kappa shape index (κ1) is 14.0. The summed E-state index contributed by atoms with van der Waals surface area (Å²) in [4.78, 5) is 1.48. The lowest BCUT2D eigenvalue weighted by Crippen LogP contribution is -1.86. The van der Waals surface area contributed by atoms with Crippen molar-refractivity contribution in [1.82, 2.24) is 0 Å². The van der Waals surface area contributed by atoms with Crippen LogP contribution in [-0.4, -0.2) is 0 Å². The van der Waals surface area contributed by atoms with Gasteiger partial charge in [0.1, 0.15) is 0 Å². The molecule has 5 rings (SSSR count). The van der Waals surface area contributed by atoms with E-state index in [9.17, 15) is 0 Å². The first-order valence-corrected chi connectivity index (χ1v) is 9.47. The highest BCUT2D eigenvalue weighted by Gasteiger charge is 2.12. The number of aryl methyl sites for hydroxylation is 1. The molecule has 0 nitrogen and oxygen atoms in total. The molecule has 0 fully saturated rings. The van der Waals surface area contributed by atoms with Crippen molar-refractivity contribution in [1.29, 1.82) is 0 Å². The second kappa shape index (κ2) is 5.32. The van der Waals surface area contributed by atoms with E-state index < -0.39 is 0 Å². The van der Waals surface area contributed by atoms with Gasteiger partial charge >= 0.3 is 0 Å². The molecule has 0 aliphatic rings. The fourth-order valence-electron chi connectivity index (χ4n) is 3.89. The summed E-state index contributed by atoms with van der Waals surface area (Å²) in [7, 11) is 0. The Labute approximate surface area is 145 Å². The van der Waals surface area contributed by atoms with Gasteiger partial charge in [-0.3, -0.25) is 0 Å². The molecule has 0 N–H and O–H groups in total. The Hall–Kier alpha value is -2.38. The summed E-state index contributed by atoms with van der Waals surface area (Å²) in [5, 5.41) is 10.5. The van der Waals surface area contributed by atoms with Crippen LogP contribution in [0.25, 0.3) is 43.4 Å². The molecule has 1 heterocycles. The predicted octanol–water partition coefficient (Wildman–Crippen LogP) is 7.27. The SMILES string of the molecule is CCCc1cc(-c2ccc3ccc4cccc5ccc2c3c45)cs1. The zero-order valence-corrected chi connectivity index (χ0v) is 14.5. The van der Waals surface area contributed by atoms with Crippen LogP contribution in [0.15, 0.2) is 66.0 Å². The average Bonchev–Trinajstić information content (AvgIpc) is 3.08. The number of rotatable bonds is 3. The minimum atomic E-state index is 1.18. The molecule has 24 heavy (non-hydrogen) atoms. The smallest absolute Gasteiger partial charge is 0.00515 e. The predicted molar refractivity (Wildman–Crippen MR) is 107 cm³/mol. The molecule has 0 spiro atoms. The van der Waals surface area contributed by atoms with Crippen LogP contribution in [0, 0.1) is 0 Å². The van der Waals surface area contributed by atoms with E-state index in [2.05, 4.69) is 73.0 Å². The first-order chi connectivity index (χ1) is 11.8. The molecular weight excluding hydrogens is 308 g/mol. The van der Waals surface area contributed by atoms with Gasteiger partial charge in [-0.2, -0.15) is 0 Å². The van der Waals surface area contributed by atoms with Crippen molar-refractivity contribution < 1.29 is 0 Å². The maximum atomic E-state index is 2.38. The Morgan fingerprint density at radius 1 is 0.792 bits per heavy atom. The molecule has 0 saturated carbocycles. The Morgan fingerprint density at radius 2 is 1.50 bits per heavy atom. The van der Waals surface area contributed by atoms with Crippen LogP contribution in [0.1, 0.15) is 18.2 Å². The molecule has 0 aliphatic heterocycles. The highest BCUT2D eigenvalue weighted by molar-refractivity contribution is 7.10. The van der Waals surface area contributed by atoms with Crippen LogP contribution in [-0.2, 0) is 6.42 Å². The molecule has 0 aliphatic carbocycles. The molecule has 0 amide bonds. The summed E-state index contributed by atoms with van der Waals surface area (Å²) in [5.41, 5.74) is 2.72. The van der Waals surface area contributed by atoms with E-state index in [0.29, 0.717) is 0 Å². The lowest BCUT2D eigenvalue weighted by atomic mass is 9.90. The van der Waals surface area contributed by atoms with Crippen molar-refractivity contribution in [3.63, 3.8) is 0 Å². The van der Waals surface area contributed by atoms with Gasteiger partial charge in [-0.05, 0) is 61.3 Å². The van der Waals surface area contributed by atoms with Crippen LogP contribution < -0.4 is 0 Å².